The summed E-state index contributed by atoms with van der Waals surface area (Å²) in [5.74, 6) is -0.00428. The normalized spacial score (nSPS) is 21.9. The Morgan fingerprint density at radius 3 is 2.68 bits per heavy atom. The fourth-order valence-corrected chi connectivity index (χ4v) is 2.95. The fourth-order valence-electron chi connectivity index (χ4n) is 2.95. The quantitative estimate of drug-likeness (QED) is 0.802. The molecule has 0 saturated heterocycles. The molecule has 19 heavy (non-hydrogen) atoms. The summed E-state index contributed by atoms with van der Waals surface area (Å²) in [4.78, 5) is 12.3. The van der Waals surface area contributed by atoms with E-state index in [-0.39, 0.29) is 17.4 Å². The number of nitrogen functional groups attached to an aromatic ring is 1. The molecule has 1 aliphatic carbocycles. The largest absolute Gasteiger partial charge is 0.399 e. The molecule has 0 aliphatic heterocycles. The van der Waals surface area contributed by atoms with Crippen molar-refractivity contribution in [2.45, 2.75) is 52.5 Å². The number of hydrogen-bond donors (Lipinski definition) is 2. The minimum atomic E-state index is -0.00428. The zero-order valence-electron chi connectivity index (χ0n) is 12.1. The number of anilines is 1. The number of carbonyl (C=O) groups excluding carboxylic acids is 1. The van der Waals surface area contributed by atoms with Crippen LogP contribution in [0.3, 0.4) is 0 Å². The number of carbonyl (C=O) groups is 1. The molecular weight excluding hydrogens is 236 g/mol. The van der Waals surface area contributed by atoms with Gasteiger partial charge in [-0.3, -0.25) is 4.79 Å². The summed E-state index contributed by atoms with van der Waals surface area (Å²) < 4.78 is 0. The molecule has 104 valence electrons. The highest BCUT2D eigenvalue weighted by molar-refractivity contribution is 5.95. The molecule has 1 fully saturated rings. The van der Waals surface area contributed by atoms with E-state index in [1.807, 2.05) is 19.1 Å². The highest BCUT2D eigenvalue weighted by Crippen LogP contribution is 2.35. The molecule has 3 heteroatoms. The Hall–Kier alpha value is -1.51. The number of benzene rings is 1. The van der Waals surface area contributed by atoms with E-state index in [1.54, 1.807) is 6.07 Å². The van der Waals surface area contributed by atoms with E-state index >= 15 is 0 Å². The molecule has 1 saturated carbocycles. The third kappa shape index (κ3) is 3.28. The number of nitrogens with one attached hydrogen (secondary N) is 1. The van der Waals surface area contributed by atoms with Crippen molar-refractivity contribution in [2.75, 3.05) is 5.73 Å². The SMILES string of the molecule is Cc1cc(N)cc(C(=O)NC2CCCCC2(C)C)c1. The van der Waals surface area contributed by atoms with E-state index in [0.29, 0.717) is 11.3 Å². The van der Waals surface area contributed by atoms with Gasteiger partial charge in [0.1, 0.15) is 0 Å². The molecule has 2 rings (SSSR count). The number of nitrogens with two attached hydrogens (primary N) is 1. The van der Waals surface area contributed by atoms with Crippen molar-refractivity contribution in [3.05, 3.63) is 29.3 Å². The van der Waals surface area contributed by atoms with E-state index in [9.17, 15) is 4.79 Å². The van der Waals surface area contributed by atoms with E-state index in [0.717, 1.165) is 12.0 Å². The molecule has 1 aromatic carbocycles. The van der Waals surface area contributed by atoms with Crippen LogP contribution in [0, 0.1) is 12.3 Å². The van der Waals surface area contributed by atoms with Crippen LogP contribution in [-0.4, -0.2) is 11.9 Å². The first-order chi connectivity index (χ1) is 8.88. The van der Waals surface area contributed by atoms with Crippen LogP contribution in [-0.2, 0) is 0 Å². The number of hydrogen-bond acceptors (Lipinski definition) is 2. The third-order valence-corrected chi connectivity index (χ3v) is 4.17. The lowest BCUT2D eigenvalue weighted by atomic mass is 9.73. The topological polar surface area (TPSA) is 55.1 Å². The highest BCUT2D eigenvalue weighted by atomic mass is 16.1. The Kier molecular flexibility index (Phi) is 3.83. The Labute approximate surface area is 115 Å². The van der Waals surface area contributed by atoms with Crippen molar-refractivity contribution >= 4 is 11.6 Å². The van der Waals surface area contributed by atoms with Gasteiger partial charge in [0.2, 0.25) is 0 Å². The lowest BCUT2D eigenvalue weighted by Crippen LogP contribution is -2.46. The molecule has 1 unspecified atom stereocenters. The molecule has 1 atom stereocenters. The molecule has 1 amide bonds. The summed E-state index contributed by atoms with van der Waals surface area (Å²) >= 11 is 0. The lowest BCUT2D eigenvalue weighted by molar-refractivity contribution is 0.0853. The fraction of sp³-hybridized carbons (Fsp3) is 0.562. The second-order valence-corrected chi connectivity index (χ2v) is 6.39. The molecule has 1 aliphatic rings. The second kappa shape index (κ2) is 5.24. The van der Waals surface area contributed by atoms with Crippen LogP contribution < -0.4 is 11.1 Å². The summed E-state index contributed by atoms with van der Waals surface area (Å²) in [7, 11) is 0. The monoisotopic (exact) mass is 260 g/mol. The molecule has 0 heterocycles. The van der Waals surface area contributed by atoms with Gasteiger partial charge in [0, 0.05) is 17.3 Å². The zero-order chi connectivity index (χ0) is 14.0. The molecule has 0 radical (unpaired) electrons. The molecule has 0 bridgehead atoms. The Morgan fingerprint density at radius 2 is 2.05 bits per heavy atom. The first-order valence-electron chi connectivity index (χ1n) is 7.06. The molecule has 1 aromatic rings. The van der Waals surface area contributed by atoms with Gasteiger partial charge in [-0.05, 0) is 48.9 Å². The maximum atomic E-state index is 12.3. The van der Waals surface area contributed by atoms with Crippen molar-refractivity contribution in [2.24, 2.45) is 5.41 Å². The van der Waals surface area contributed by atoms with Crippen molar-refractivity contribution in [1.29, 1.82) is 0 Å². The minimum Gasteiger partial charge on any atom is -0.399 e. The summed E-state index contributed by atoms with van der Waals surface area (Å²) in [6, 6.07) is 5.77. The Balaban J connectivity index is 2.12. The predicted octanol–water partition coefficient (Wildman–Crippen LogP) is 3.28. The minimum absolute atomic E-state index is 0.00428. The van der Waals surface area contributed by atoms with Crippen LogP contribution in [0.1, 0.15) is 55.5 Å². The van der Waals surface area contributed by atoms with Gasteiger partial charge in [0.15, 0.2) is 0 Å². The van der Waals surface area contributed by atoms with E-state index in [4.69, 9.17) is 5.73 Å². The van der Waals surface area contributed by atoms with Crippen molar-refractivity contribution in [3.8, 4) is 0 Å². The van der Waals surface area contributed by atoms with Crippen LogP contribution in [0.5, 0.6) is 0 Å². The standard InChI is InChI=1S/C16H24N2O/c1-11-8-12(10-13(17)9-11)15(19)18-14-6-4-5-7-16(14,2)3/h8-10,14H,4-7,17H2,1-3H3,(H,18,19). The summed E-state index contributed by atoms with van der Waals surface area (Å²) in [6.45, 7) is 6.43. The number of aryl methyl sites for hydroxylation is 1. The molecule has 3 nitrogen and oxygen atoms in total. The van der Waals surface area contributed by atoms with E-state index in [1.165, 1.54) is 19.3 Å². The van der Waals surface area contributed by atoms with Crippen LogP contribution in [0.4, 0.5) is 5.69 Å². The Morgan fingerprint density at radius 1 is 1.32 bits per heavy atom. The van der Waals surface area contributed by atoms with Crippen LogP contribution in [0.15, 0.2) is 18.2 Å². The van der Waals surface area contributed by atoms with Crippen LogP contribution in [0.25, 0.3) is 0 Å². The van der Waals surface area contributed by atoms with Gasteiger partial charge in [0.25, 0.3) is 5.91 Å². The highest BCUT2D eigenvalue weighted by Gasteiger charge is 2.33. The van der Waals surface area contributed by atoms with Gasteiger partial charge in [-0.2, -0.15) is 0 Å². The molecule has 0 spiro atoms. The van der Waals surface area contributed by atoms with Gasteiger partial charge in [-0.25, -0.2) is 0 Å². The molecular formula is C16H24N2O. The van der Waals surface area contributed by atoms with Gasteiger partial charge in [-0.1, -0.05) is 26.7 Å². The average molecular weight is 260 g/mol. The van der Waals surface area contributed by atoms with Crippen molar-refractivity contribution in [1.82, 2.24) is 5.32 Å². The lowest BCUT2D eigenvalue weighted by Gasteiger charge is -2.39. The van der Waals surface area contributed by atoms with Crippen LogP contribution in [0.2, 0.25) is 0 Å². The first kappa shape index (κ1) is 13.9. The maximum absolute atomic E-state index is 12.3. The summed E-state index contributed by atoms with van der Waals surface area (Å²) in [6.07, 6.45) is 4.70. The van der Waals surface area contributed by atoms with Gasteiger partial charge < -0.3 is 11.1 Å². The summed E-state index contributed by atoms with van der Waals surface area (Å²) in [5.41, 5.74) is 8.32. The number of rotatable bonds is 2. The molecule has 3 N–H and O–H groups in total. The van der Waals surface area contributed by atoms with Gasteiger partial charge in [0.05, 0.1) is 0 Å². The third-order valence-electron chi connectivity index (χ3n) is 4.17. The number of amides is 1. The predicted molar refractivity (Wildman–Crippen MR) is 79.1 cm³/mol. The first-order valence-corrected chi connectivity index (χ1v) is 7.06. The van der Waals surface area contributed by atoms with E-state index in [2.05, 4.69) is 19.2 Å². The van der Waals surface area contributed by atoms with Crippen LogP contribution >= 0.6 is 0 Å². The Bertz CT molecular complexity index is 459. The zero-order valence-corrected chi connectivity index (χ0v) is 12.1. The average Bonchev–Trinajstić information content (AvgIpc) is 2.30. The van der Waals surface area contributed by atoms with Crippen molar-refractivity contribution in [3.63, 3.8) is 0 Å². The maximum Gasteiger partial charge on any atom is 0.251 e. The van der Waals surface area contributed by atoms with Gasteiger partial charge in [-0.15, -0.1) is 0 Å². The second-order valence-electron chi connectivity index (χ2n) is 6.39. The van der Waals surface area contributed by atoms with Gasteiger partial charge >= 0.3 is 0 Å². The molecule has 0 aromatic heterocycles. The van der Waals surface area contributed by atoms with Crippen molar-refractivity contribution < 1.29 is 4.79 Å². The van der Waals surface area contributed by atoms with E-state index < -0.39 is 0 Å². The summed E-state index contributed by atoms with van der Waals surface area (Å²) in [5, 5.41) is 3.19. The smallest absolute Gasteiger partial charge is 0.251 e.